The average Bonchev–Trinajstić information content (AvgIpc) is 2.56. The Bertz CT molecular complexity index is 392. The molecule has 0 saturated carbocycles. The topological polar surface area (TPSA) is 12.0 Å². The van der Waals surface area contributed by atoms with Crippen molar-refractivity contribution in [1.29, 1.82) is 0 Å². The van der Waals surface area contributed by atoms with Gasteiger partial charge in [-0.1, -0.05) is 62.1 Å². The third-order valence-electron chi connectivity index (χ3n) is 4.78. The number of quaternary nitrogens is 1. The maximum atomic E-state index is 3.55. The normalized spacial score (nSPS) is 11.9. The SMILES string of the molecule is C[N+](C)(CCCCCCCCCNCCC[SiH3])Cc1ccccc1. The monoisotopic (exact) mass is 349 g/mol. The van der Waals surface area contributed by atoms with E-state index in [1.165, 1.54) is 92.9 Å². The van der Waals surface area contributed by atoms with E-state index in [4.69, 9.17) is 0 Å². The fraction of sp³-hybridized carbons (Fsp3) is 0.714. The molecule has 0 aliphatic heterocycles. The van der Waals surface area contributed by atoms with Crippen molar-refractivity contribution in [3.05, 3.63) is 35.9 Å². The van der Waals surface area contributed by atoms with E-state index in [2.05, 4.69) is 49.7 Å². The van der Waals surface area contributed by atoms with Crippen LogP contribution in [-0.2, 0) is 6.54 Å². The van der Waals surface area contributed by atoms with E-state index in [1.807, 2.05) is 0 Å². The lowest BCUT2D eigenvalue weighted by atomic mass is 10.1. The van der Waals surface area contributed by atoms with E-state index in [-0.39, 0.29) is 0 Å². The summed E-state index contributed by atoms with van der Waals surface area (Å²) in [7, 11) is 6.08. The molecule has 1 aromatic rings. The summed E-state index contributed by atoms with van der Waals surface area (Å²) < 4.78 is 1.11. The highest BCUT2D eigenvalue weighted by Crippen LogP contribution is 2.13. The summed E-state index contributed by atoms with van der Waals surface area (Å²) in [6.45, 7) is 4.90. The summed E-state index contributed by atoms with van der Waals surface area (Å²) in [5.41, 5.74) is 1.46. The molecule has 0 radical (unpaired) electrons. The number of hydrogen-bond acceptors (Lipinski definition) is 1. The van der Waals surface area contributed by atoms with Crippen LogP contribution in [0.25, 0.3) is 0 Å². The van der Waals surface area contributed by atoms with Crippen LogP contribution in [0.15, 0.2) is 30.3 Å². The maximum Gasteiger partial charge on any atom is 0.104 e. The molecule has 0 heterocycles. The second kappa shape index (κ2) is 13.6. The molecule has 24 heavy (non-hydrogen) atoms. The van der Waals surface area contributed by atoms with Crippen molar-refractivity contribution in [2.45, 2.75) is 64.0 Å². The molecule has 0 fully saturated rings. The lowest BCUT2D eigenvalue weighted by molar-refractivity contribution is -0.903. The van der Waals surface area contributed by atoms with Gasteiger partial charge in [0.25, 0.3) is 0 Å². The van der Waals surface area contributed by atoms with Crippen molar-refractivity contribution >= 4 is 10.2 Å². The van der Waals surface area contributed by atoms with Gasteiger partial charge in [-0.15, -0.1) is 0 Å². The van der Waals surface area contributed by atoms with Crippen LogP contribution in [0.3, 0.4) is 0 Å². The number of benzene rings is 1. The molecule has 1 aromatic carbocycles. The lowest BCUT2D eigenvalue weighted by Gasteiger charge is -2.30. The van der Waals surface area contributed by atoms with Crippen LogP contribution < -0.4 is 5.32 Å². The Morgan fingerprint density at radius 1 is 0.792 bits per heavy atom. The summed E-state index contributed by atoms with van der Waals surface area (Å²) in [4.78, 5) is 0. The van der Waals surface area contributed by atoms with Gasteiger partial charge in [-0.2, -0.15) is 0 Å². The second-order valence-electron chi connectivity index (χ2n) is 7.88. The molecule has 1 N–H and O–H groups in total. The fourth-order valence-electron chi connectivity index (χ4n) is 3.26. The Kier molecular flexibility index (Phi) is 12.1. The van der Waals surface area contributed by atoms with Crippen LogP contribution in [-0.4, -0.2) is 48.5 Å². The highest BCUT2D eigenvalue weighted by atomic mass is 28.1. The molecule has 0 saturated heterocycles. The zero-order valence-electron chi connectivity index (χ0n) is 16.5. The Hall–Kier alpha value is -0.643. The van der Waals surface area contributed by atoms with Crippen LogP contribution in [0.2, 0.25) is 6.04 Å². The Labute approximate surface area is 154 Å². The van der Waals surface area contributed by atoms with E-state index in [0.29, 0.717) is 0 Å². The van der Waals surface area contributed by atoms with Gasteiger partial charge < -0.3 is 9.80 Å². The van der Waals surface area contributed by atoms with E-state index in [9.17, 15) is 0 Å². The highest BCUT2D eigenvalue weighted by Gasteiger charge is 2.14. The number of hydrogen-bond donors (Lipinski definition) is 1. The van der Waals surface area contributed by atoms with Crippen molar-refractivity contribution in [2.75, 3.05) is 33.7 Å². The minimum absolute atomic E-state index is 1.11. The Morgan fingerprint density at radius 2 is 1.38 bits per heavy atom. The standard InChI is InChI=1S/C21H41N2Si/c1-23(2,20-21-14-9-8-10-15-21)18-12-7-5-3-4-6-11-16-22-17-13-19-24/h8-10,14-15,22H,3-7,11-13,16-20H2,1-2,24H3/q+1. The van der Waals surface area contributed by atoms with Gasteiger partial charge in [0, 0.05) is 15.8 Å². The molecule has 0 aromatic heterocycles. The van der Waals surface area contributed by atoms with Crippen LogP contribution in [0.4, 0.5) is 0 Å². The molecular formula is C21H41N2Si+. The summed E-state index contributed by atoms with van der Waals surface area (Å²) >= 11 is 0. The minimum Gasteiger partial charge on any atom is -0.325 e. The van der Waals surface area contributed by atoms with E-state index >= 15 is 0 Å². The highest BCUT2D eigenvalue weighted by molar-refractivity contribution is 6.08. The van der Waals surface area contributed by atoms with Crippen LogP contribution in [0.5, 0.6) is 0 Å². The lowest BCUT2D eigenvalue weighted by Crippen LogP contribution is -2.39. The molecule has 0 amide bonds. The van der Waals surface area contributed by atoms with Crippen molar-refractivity contribution in [1.82, 2.24) is 5.32 Å². The number of nitrogens with one attached hydrogen (secondary N) is 1. The molecule has 0 aliphatic rings. The molecular weight excluding hydrogens is 308 g/mol. The largest absolute Gasteiger partial charge is 0.325 e. The fourth-order valence-corrected chi connectivity index (χ4v) is 3.61. The quantitative estimate of drug-likeness (QED) is 0.289. The molecule has 0 spiro atoms. The van der Waals surface area contributed by atoms with Crippen LogP contribution >= 0.6 is 0 Å². The summed E-state index contributed by atoms with van der Waals surface area (Å²) in [5.74, 6) is 0. The predicted molar refractivity (Wildman–Crippen MR) is 112 cm³/mol. The summed E-state index contributed by atoms with van der Waals surface area (Å²) in [6.07, 6.45) is 11.2. The molecule has 138 valence electrons. The first-order chi connectivity index (χ1) is 11.6. The first-order valence-electron chi connectivity index (χ1n) is 10.2. The summed E-state index contributed by atoms with van der Waals surface area (Å²) in [6, 6.07) is 12.3. The second-order valence-corrected chi connectivity index (χ2v) is 8.88. The van der Waals surface area contributed by atoms with Gasteiger partial charge in [-0.05, 0) is 38.8 Å². The summed E-state index contributed by atoms with van der Waals surface area (Å²) in [5, 5.41) is 3.55. The van der Waals surface area contributed by atoms with Crippen molar-refractivity contribution < 1.29 is 4.48 Å². The molecule has 0 aliphatic carbocycles. The zero-order chi connectivity index (χ0) is 17.5. The van der Waals surface area contributed by atoms with E-state index < -0.39 is 0 Å². The van der Waals surface area contributed by atoms with Gasteiger partial charge in [-0.25, -0.2) is 0 Å². The van der Waals surface area contributed by atoms with Crippen molar-refractivity contribution in [3.8, 4) is 0 Å². The maximum absolute atomic E-state index is 3.55. The Morgan fingerprint density at radius 3 is 2.04 bits per heavy atom. The molecule has 0 unspecified atom stereocenters. The van der Waals surface area contributed by atoms with Gasteiger partial charge in [0.2, 0.25) is 0 Å². The first-order valence-corrected chi connectivity index (χ1v) is 11.6. The van der Waals surface area contributed by atoms with E-state index in [0.717, 1.165) is 11.0 Å². The third-order valence-corrected chi connectivity index (χ3v) is 5.48. The molecule has 0 bridgehead atoms. The van der Waals surface area contributed by atoms with Gasteiger partial charge in [-0.3, -0.25) is 0 Å². The van der Waals surface area contributed by atoms with Gasteiger partial charge in [0.05, 0.1) is 20.6 Å². The van der Waals surface area contributed by atoms with Gasteiger partial charge >= 0.3 is 0 Å². The number of unbranched alkanes of at least 4 members (excludes halogenated alkanes) is 6. The van der Waals surface area contributed by atoms with Crippen LogP contribution in [0, 0.1) is 0 Å². The van der Waals surface area contributed by atoms with Crippen LogP contribution in [0.1, 0.15) is 56.9 Å². The van der Waals surface area contributed by atoms with Gasteiger partial charge in [0.15, 0.2) is 0 Å². The molecule has 2 nitrogen and oxygen atoms in total. The predicted octanol–water partition coefficient (Wildman–Crippen LogP) is 3.76. The average molecular weight is 350 g/mol. The minimum atomic E-state index is 1.11. The third kappa shape index (κ3) is 11.8. The van der Waals surface area contributed by atoms with Crippen molar-refractivity contribution in [2.24, 2.45) is 0 Å². The van der Waals surface area contributed by atoms with E-state index in [1.54, 1.807) is 0 Å². The first kappa shape index (κ1) is 21.4. The van der Waals surface area contributed by atoms with Crippen molar-refractivity contribution in [3.63, 3.8) is 0 Å². The number of nitrogens with zero attached hydrogens (tertiary/aromatic N) is 1. The van der Waals surface area contributed by atoms with Gasteiger partial charge in [0.1, 0.15) is 6.54 Å². The molecule has 3 heteroatoms. The molecule has 1 rings (SSSR count). The molecule has 0 atom stereocenters. The Balaban J connectivity index is 1.92. The smallest absolute Gasteiger partial charge is 0.104 e. The number of rotatable bonds is 15. The zero-order valence-corrected chi connectivity index (χ0v) is 18.5.